The minimum atomic E-state index is -3.19. The number of carbonyl (C=O) groups excluding carboxylic acids is 1. The lowest BCUT2D eigenvalue weighted by molar-refractivity contribution is -0.0910. The number of carbonyl (C=O) groups is 1. The third-order valence-corrected chi connectivity index (χ3v) is 10.6. The van der Waals surface area contributed by atoms with E-state index in [0.717, 1.165) is 82.9 Å². The van der Waals surface area contributed by atoms with Gasteiger partial charge in [-0.2, -0.15) is 5.10 Å². The number of hydrogen-bond donors (Lipinski definition) is 0. The molecule has 1 aromatic heterocycles. The first-order valence-electron chi connectivity index (χ1n) is 13.7. The number of nitrogens with zero attached hydrogens (tertiary/aromatic N) is 6. The highest BCUT2D eigenvalue weighted by Gasteiger charge is 2.57. The molecule has 5 aliphatic rings. The molecule has 0 bridgehead atoms. The van der Waals surface area contributed by atoms with E-state index >= 15 is 0 Å². The molecule has 1 aromatic carbocycles. The quantitative estimate of drug-likeness (QED) is 0.597. The van der Waals surface area contributed by atoms with Gasteiger partial charge in [0.25, 0.3) is 0 Å². The summed E-state index contributed by atoms with van der Waals surface area (Å²) in [5.41, 5.74) is 1.60. The van der Waals surface area contributed by atoms with Gasteiger partial charge in [0.1, 0.15) is 6.33 Å². The first-order chi connectivity index (χ1) is 17.7. The van der Waals surface area contributed by atoms with Crippen LogP contribution in [0.3, 0.4) is 0 Å². The summed E-state index contributed by atoms with van der Waals surface area (Å²) in [7, 11) is -3.19. The normalized spacial score (nSPS) is 25.1. The van der Waals surface area contributed by atoms with Gasteiger partial charge in [0.2, 0.25) is 0 Å². The number of hydrogen-bond acceptors (Lipinski definition) is 6. The van der Waals surface area contributed by atoms with Crippen molar-refractivity contribution in [3.05, 3.63) is 42.0 Å². The smallest absolute Gasteiger partial charge is 0.320 e. The van der Waals surface area contributed by atoms with Crippen molar-refractivity contribution in [2.45, 2.75) is 61.9 Å². The summed E-state index contributed by atoms with van der Waals surface area (Å²) < 4.78 is 25.8. The second kappa shape index (κ2) is 8.27. The largest absolute Gasteiger partial charge is 0.323 e. The number of sulfone groups is 1. The van der Waals surface area contributed by atoms with Gasteiger partial charge in [0.15, 0.2) is 15.7 Å². The summed E-state index contributed by atoms with van der Waals surface area (Å²) in [4.78, 5) is 24.5. The van der Waals surface area contributed by atoms with Crippen molar-refractivity contribution in [2.24, 2.45) is 10.8 Å². The van der Waals surface area contributed by atoms with E-state index in [9.17, 15) is 13.2 Å². The predicted molar refractivity (Wildman–Crippen MR) is 138 cm³/mol. The van der Waals surface area contributed by atoms with E-state index in [2.05, 4.69) is 14.6 Å². The van der Waals surface area contributed by atoms with E-state index in [1.165, 1.54) is 19.1 Å². The van der Waals surface area contributed by atoms with Gasteiger partial charge in [-0.05, 0) is 69.3 Å². The number of aromatic nitrogens is 3. The van der Waals surface area contributed by atoms with Crippen molar-refractivity contribution in [1.29, 1.82) is 0 Å². The molecule has 0 N–H and O–H groups in total. The van der Waals surface area contributed by atoms with Crippen LogP contribution in [-0.2, 0) is 16.4 Å². The summed E-state index contributed by atoms with van der Waals surface area (Å²) in [5.74, 6) is 1.61. The molecule has 0 atom stereocenters. The summed E-state index contributed by atoms with van der Waals surface area (Å²) in [6, 6.07) is 7.96. The lowest BCUT2D eigenvalue weighted by Crippen LogP contribution is -2.70. The Morgan fingerprint density at radius 3 is 2.35 bits per heavy atom. The van der Waals surface area contributed by atoms with Gasteiger partial charge in [0.05, 0.1) is 10.9 Å². The molecule has 3 aliphatic heterocycles. The van der Waals surface area contributed by atoms with Crippen molar-refractivity contribution in [2.75, 3.05) is 45.5 Å². The fraction of sp³-hybridized carbons (Fsp3) is 0.667. The molecule has 2 aliphatic carbocycles. The third kappa shape index (κ3) is 4.35. The molecule has 0 radical (unpaired) electrons. The zero-order valence-corrected chi connectivity index (χ0v) is 22.4. The van der Waals surface area contributed by atoms with Crippen LogP contribution >= 0.6 is 0 Å². The van der Waals surface area contributed by atoms with E-state index in [1.54, 1.807) is 12.1 Å². The number of amides is 2. The molecule has 9 nitrogen and oxygen atoms in total. The number of benzene rings is 1. The fourth-order valence-electron chi connectivity index (χ4n) is 7.01. The Kier molecular flexibility index (Phi) is 5.28. The predicted octanol–water partition coefficient (Wildman–Crippen LogP) is 2.91. The van der Waals surface area contributed by atoms with E-state index in [-0.39, 0.29) is 11.4 Å². The molecule has 5 fully saturated rings. The highest BCUT2D eigenvalue weighted by molar-refractivity contribution is 7.90. The minimum absolute atomic E-state index is 0.219. The molecule has 3 saturated heterocycles. The first-order valence-corrected chi connectivity index (χ1v) is 15.5. The van der Waals surface area contributed by atoms with Crippen LogP contribution < -0.4 is 0 Å². The summed E-state index contributed by atoms with van der Waals surface area (Å²) >= 11 is 0. The van der Waals surface area contributed by atoms with Crippen molar-refractivity contribution in [3.8, 4) is 0 Å². The molecule has 2 amide bonds. The first kappa shape index (κ1) is 23.6. The van der Waals surface area contributed by atoms with Gasteiger partial charge in [0, 0.05) is 55.7 Å². The summed E-state index contributed by atoms with van der Waals surface area (Å²) in [5, 5.41) is 4.70. The molecule has 37 heavy (non-hydrogen) atoms. The maximum atomic E-state index is 13.1. The third-order valence-electron chi connectivity index (χ3n) is 9.48. The Hall–Kier alpha value is -2.46. The van der Waals surface area contributed by atoms with Crippen molar-refractivity contribution in [3.63, 3.8) is 0 Å². The van der Waals surface area contributed by atoms with Crippen molar-refractivity contribution >= 4 is 15.9 Å². The number of urea groups is 1. The minimum Gasteiger partial charge on any atom is -0.323 e. The molecule has 2 aromatic rings. The van der Waals surface area contributed by atoms with Crippen LogP contribution in [0.15, 0.2) is 35.5 Å². The highest BCUT2D eigenvalue weighted by Crippen LogP contribution is 2.54. The Labute approximate surface area is 218 Å². The van der Waals surface area contributed by atoms with Gasteiger partial charge in [-0.1, -0.05) is 12.1 Å². The number of rotatable bonds is 5. The number of piperidine rings is 1. The van der Waals surface area contributed by atoms with Crippen LogP contribution in [0.4, 0.5) is 4.79 Å². The molecule has 10 heteroatoms. The van der Waals surface area contributed by atoms with Crippen LogP contribution in [0.1, 0.15) is 61.9 Å². The Morgan fingerprint density at radius 1 is 1.03 bits per heavy atom. The second-order valence-electron chi connectivity index (χ2n) is 12.6. The number of likely N-dealkylation sites (tertiary alicyclic amines) is 3. The van der Waals surface area contributed by atoms with Gasteiger partial charge in [-0.15, -0.1) is 0 Å². The van der Waals surface area contributed by atoms with E-state index in [1.807, 2.05) is 28.3 Å². The Morgan fingerprint density at radius 2 is 1.70 bits per heavy atom. The fourth-order valence-corrected chi connectivity index (χ4v) is 7.70. The Balaban J connectivity index is 0.853. The lowest BCUT2D eigenvalue weighted by Gasteiger charge is -2.61. The molecule has 7 rings (SSSR count). The standard InChI is InChI=1S/C27H36N6O3S/c1-37(35,36)23-4-2-3-20(11-23)14-30-9-7-26(8-10-30)15-31(16-26)25(34)32-17-27(18-32)12-22(13-27)33-19-28-24(29-33)21-5-6-21/h2-4,11,19,21-22H,5-10,12-18H2,1H3. The maximum absolute atomic E-state index is 13.1. The van der Waals surface area contributed by atoms with E-state index < -0.39 is 9.84 Å². The topological polar surface area (TPSA) is 91.6 Å². The van der Waals surface area contributed by atoms with E-state index in [0.29, 0.717) is 22.3 Å². The zero-order valence-electron chi connectivity index (χ0n) is 21.6. The van der Waals surface area contributed by atoms with Crippen LogP contribution in [0.25, 0.3) is 0 Å². The lowest BCUT2D eigenvalue weighted by atomic mass is 9.60. The second-order valence-corrected chi connectivity index (χ2v) is 14.6. The SMILES string of the molecule is CS(=O)(=O)c1cccc(CN2CCC3(CC2)CN(C(=O)N2CC4(CC(n5cnc(C6CC6)n5)C4)C2)C3)c1. The van der Waals surface area contributed by atoms with Gasteiger partial charge < -0.3 is 9.80 Å². The Bertz CT molecular complexity index is 1310. The van der Waals surface area contributed by atoms with Crippen LogP contribution in [-0.4, -0.2) is 89.4 Å². The average molecular weight is 525 g/mol. The maximum Gasteiger partial charge on any atom is 0.320 e. The van der Waals surface area contributed by atoms with Gasteiger partial charge in [-0.25, -0.2) is 22.9 Å². The van der Waals surface area contributed by atoms with Crippen molar-refractivity contribution < 1.29 is 13.2 Å². The highest BCUT2D eigenvalue weighted by atomic mass is 32.2. The average Bonchev–Trinajstić information content (AvgIpc) is 3.53. The summed E-state index contributed by atoms with van der Waals surface area (Å²) in [6.45, 7) is 6.27. The molecule has 2 spiro atoms. The van der Waals surface area contributed by atoms with Crippen molar-refractivity contribution in [1.82, 2.24) is 29.5 Å². The van der Waals surface area contributed by atoms with Gasteiger partial charge >= 0.3 is 6.03 Å². The van der Waals surface area contributed by atoms with Crippen LogP contribution in [0.5, 0.6) is 0 Å². The monoisotopic (exact) mass is 524 g/mol. The molecule has 198 valence electrons. The molecule has 0 unspecified atom stereocenters. The van der Waals surface area contributed by atoms with E-state index in [4.69, 9.17) is 5.10 Å². The molecular formula is C27H36N6O3S. The molecular weight excluding hydrogens is 488 g/mol. The van der Waals surface area contributed by atoms with Gasteiger partial charge in [-0.3, -0.25) is 4.90 Å². The molecule has 2 saturated carbocycles. The zero-order chi connectivity index (χ0) is 25.4. The van der Waals surface area contributed by atoms with Crippen LogP contribution in [0, 0.1) is 10.8 Å². The molecule has 4 heterocycles. The summed E-state index contributed by atoms with van der Waals surface area (Å²) in [6.07, 6.45) is 10.0. The van der Waals surface area contributed by atoms with Crippen LogP contribution in [0.2, 0.25) is 0 Å².